The zero-order valence-electron chi connectivity index (χ0n) is 13.3. The number of amides is 1. The Kier molecular flexibility index (Phi) is 6.54. The second-order valence-electron chi connectivity index (χ2n) is 5.69. The van der Waals surface area contributed by atoms with E-state index < -0.39 is 0 Å². The van der Waals surface area contributed by atoms with E-state index in [2.05, 4.69) is 25.5 Å². The van der Waals surface area contributed by atoms with Crippen LogP contribution in [-0.4, -0.2) is 67.2 Å². The number of nitrogens with one attached hydrogen (secondary N) is 2. The number of hydrogen-bond donors (Lipinski definition) is 2. The molecule has 0 radical (unpaired) electrons. The van der Waals surface area contributed by atoms with Crippen molar-refractivity contribution in [3.8, 4) is 0 Å². The van der Waals surface area contributed by atoms with E-state index in [-0.39, 0.29) is 12.0 Å². The van der Waals surface area contributed by atoms with Crippen molar-refractivity contribution < 1.29 is 9.53 Å². The monoisotopic (exact) mass is 307 g/mol. The summed E-state index contributed by atoms with van der Waals surface area (Å²) in [6.07, 6.45) is 4.79. The summed E-state index contributed by atoms with van der Waals surface area (Å²) in [4.78, 5) is 22.6. The van der Waals surface area contributed by atoms with Crippen LogP contribution in [-0.2, 0) is 4.74 Å². The molecule has 1 amide bonds. The molecule has 1 aromatic heterocycles. The van der Waals surface area contributed by atoms with Crippen LogP contribution in [0.5, 0.6) is 0 Å². The lowest BCUT2D eigenvalue weighted by Crippen LogP contribution is -2.32. The first-order valence-electron chi connectivity index (χ1n) is 7.76. The normalized spacial score (nSPS) is 17.7. The van der Waals surface area contributed by atoms with Crippen molar-refractivity contribution >= 4 is 11.9 Å². The highest BCUT2D eigenvalue weighted by atomic mass is 16.5. The largest absolute Gasteiger partial charge is 0.376 e. The highest BCUT2D eigenvalue weighted by Crippen LogP contribution is 2.10. The molecule has 7 nitrogen and oxygen atoms in total. The van der Waals surface area contributed by atoms with Crippen LogP contribution in [0.2, 0.25) is 0 Å². The van der Waals surface area contributed by atoms with Crippen molar-refractivity contribution in [1.82, 2.24) is 20.2 Å². The van der Waals surface area contributed by atoms with Crippen LogP contribution < -0.4 is 10.6 Å². The summed E-state index contributed by atoms with van der Waals surface area (Å²) >= 11 is 0. The molecule has 1 atom stereocenters. The van der Waals surface area contributed by atoms with E-state index in [0.29, 0.717) is 18.2 Å². The van der Waals surface area contributed by atoms with Gasteiger partial charge in [-0.1, -0.05) is 0 Å². The predicted octanol–water partition coefficient (Wildman–Crippen LogP) is 0.749. The van der Waals surface area contributed by atoms with Gasteiger partial charge in [0, 0.05) is 25.9 Å². The predicted molar refractivity (Wildman–Crippen MR) is 85.0 cm³/mol. The van der Waals surface area contributed by atoms with Gasteiger partial charge >= 0.3 is 0 Å². The molecule has 1 unspecified atom stereocenters. The molecule has 122 valence electrons. The average molecular weight is 307 g/mol. The van der Waals surface area contributed by atoms with Crippen LogP contribution in [0, 0.1) is 0 Å². The smallest absolute Gasteiger partial charge is 0.270 e. The molecule has 1 aromatic rings. The first-order valence-corrected chi connectivity index (χ1v) is 7.76. The van der Waals surface area contributed by atoms with Crippen molar-refractivity contribution in [2.75, 3.05) is 45.7 Å². The topological polar surface area (TPSA) is 79.4 Å². The number of hydrogen-bond acceptors (Lipinski definition) is 6. The molecule has 2 rings (SSSR count). The third kappa shape index (κ3) is 5.57. The van der Waals surface area contributed by atoms with Crippen molar-refractivity contribution in [3.63, 3.8) is 0 Å². The Morgan fingerprint density at radius 1 is 1.50 bits per heavy atom. The lowest BCUT2D eigenvalue weighted by molar-refractivity contribution is 0.0853. The lowest BCUT2D eigenvalue weighted by atomic mass is 10.2. The lowest BCUT2D eigenvalue weighted by Gasteiger charge is -2.11. The third-order valence-electron chi connectivity index (χ3n) is 3.47. The Morgan fingerprint density at radius 3 is 3.09 bits per heavy atom. The Labute approximate surface area is 131 Å². The summed E-state index contributed by atoms with van der Waals surface area (Å²) < 4.78 is 5.48. The van der Waals surface area contributed by atoms with Gasteiger partial charge in [-0.05, 0) is 46.0 Å². The van der Waals surface area contributed by atoms with E-state index >= 15 is 0 Å². The number of ether oxygens (including phenoxy) is 1. The van der Waals surface area contributed by atoms with Crippen LogP contribution in [0.4, 0.5) is 5.95 Å². The fraction of sp³-hybridized carbons (Fsp3) is 0.667. The molecule has 0 saturated carbocycles. The maximum absolute atomic E-state index is 12.1. The van der Waals surface area contributed by atoms with E-state index in [1.165, 1.54) is 0 Å². The summed E-state index contributed by atoms with van der Waals surface area (Å²) in [7, 11) is 4.07. The van der Waals surface area contributed by atoms with Gasteiger partial charge in [-0.2, -0.15) is 0 Å². The maximum atomic E-state index is 12.1. The van der Waals surface area contributed by atoms with Crippen LogP contribution >= 0.6 is 0 Å². The maximum Gasteiger partial charge on any atom is 0.270 e. The molecule has 0 spiro atoms. The fourth-order valence-corrected chi connectivity index (χ4v) is 2.27. The van der Waals surface area contributed by atoms with Gasteiger partial charge in [-0.15, -0.1) is 0 Å². The van der Waals surface area contributed by atoms with Crippen molar-refractivity contribution in [1.29, 1.82) is 0 Å². The highest BCUT2D eigenvalue weighted by molar-refractivity contribution is 5.92. The Hall–Kier alpha value is -1.73. The quantitative estimate of drug-likeness (QED) is 0.690. The van der Waals surface area contributed by atoms with Gasteiger partial charge in [0.15, 0.2) is 0 Å². The Bertz CT molecular complexity index is 475. The standard InChI is InChI=1S/C15H25N5O2/c1-20(2)9-4-7-16-15-17-8-6-13(19-15)14(21)18-11-12-5-3-10-22-12/h6,8,12H,3-5,7,9-11H2,1-2H3,(H,18,21)(H,16,17,19). The van der Waals surface area contributed by atoms with Gasteiger partial charge in [0.05, 0.1) is 6.10 Å². The summed E-state index contributed by atoms with van der Waals surface area (Å²) in [6.45, 7) is 3.09. The minimum absolute atomic E-state index is 0.134. The summed E-state index contributed by atoms with van der Waals surface area (Å²) in [5, 5.41) is 6.00. The fourth-order valence-electron chi connectivity index (χ4n) is 2.27. The number of nitrogens with zero attached hydrogens (tertiary/aromatic N) is 3. The van der Waals surface area contributed by atoms with E-state index in [1.807, 2.05) is 14.1 Å². The molecule has 22 heavy (non-hydrogen) atoms. The van der Waals surface area contributed by atoms with Gasteiger partial charge in [0.25, 0.3) is 5.91 Å². The van der Waals surface area contributed by atoms with Crippen LogP contribution in [0.15, 0.2) is 12.3 Å². The van der Waals surface area contributed by atoms with Gasteiger partial charge in [-0.3, -0.25) is 4.79 Å². The molecule has 2 N–H and O–H groups in total. The average Bonchev–Trinajstić information content (AvgIpc) is 3.03. The minimum Gasteiger partial charge on any atom is -0.376 e. The van der Waals surface area contributed by atoms with E-state index in [4.69, 9.17) is 4.74 Å². The molecule has 1 saturated heterocycles. The summed E-state index contributed by atoms with van der Waals surface area (Å²) in [5.74, 6) is 0.303. The van der Waals surface area contributed by atoms with Crippen LogP contribution in [0.1, 0.15) is 29.8 Å². The number of carbonyl (C=O) groups excluding carboxylic acids is 1. The molecule has 7 heteroatoms. The van der Waals surface area contributed by atoms with Crippen molar-refractivity contribution in [2.45, 2.75) is 25.4 Å². The zero-order valence-corrected chi connectivity index (χ0v) is 13.3. The summed E-state index contributed by atoms with van der Waals surface area (Å²) in [5.41, 5.74) is 0.378. The van der Waals surface area contributed by atoms with Gasteiger partial charge < -0.3 is 20.3 Å². The van der Waals surface area contributed by atoms with Crippen LogP contribution in [0.25, 0.3) is 0 Å². The van der Waals surface area contributed by atoms with Crippen molar-refractivity contribution in [2.24, 2.45) is 0 Å². The minimum atomic E-state index is -0.186. The zero-order chi connectivity index (χ0) is 15.8. The summed E-state index contributed by atoms with van der Waals surface area (Å²) in [6, 6.07) is 1.62. The van der Waals surface area contributed by atoms with E-state index in [9.17, 15) is 4.79 Å². The third-order valence-corrected chi connectivity index (χ3v) is 3.47. The molecular formula is C15H25N5O2. The molecule has 0 aromatic carbocycles. The van der Waals surface area contributed by atoms with E-state index in [0.717, 1.165) is 39.0 Å². The molecule has 0 aliphatic carbocycles. The first kappa shape index (κ1) is 16.6. The second kappa shape index (κ2) is 8.65. The SMILES string of the molecule is CN(C)CCCNc1nccc(C(=O)NCC2CCCO2)n1. The van der Waals surface area contributed by atoms with Crippen LogP contribution in [0.3, 0.4) is 0 Å². The first-order chi connectivity index (χ1) is 10.6. The number of carbonyl (C=O) groups is 1. The number of aromatic nitrogens is 2. The molecule has 2 heterocycles. The molecule has 1 fully saturated rings. The molecule has 0 bridgehead atoms. The highest BCUT2D eigenvalue weighted by Gasteiger charge is 2.17. The van der Waals surface area contributed by atoms with Gasteiger partial charge in [-0.25, -0.2) is 9.97 Å². The van der Waals surface area contributed by atoms with Gasteiger partial charge in [0.2, 0.25) is 5.95 Å². The molecule has 1 aliphatic rings. The molecular weight excluding hydrogens is 282 g/mol. The van der Waals surface area contributed by atoms with Gasteiger partial charge in [0.1, 0.15) is 5.69 Å². The van der Waals surface area contributed by atoms with E-state index in [1.54, 1.807) is 12.3 Å². The number of rotatable bonds is 8. The van der Waals surface area contributed by atoms with Crippen molar-refractivity contribution in [3.05, 3.63) is 18.0 Å². The Morgan fingerprint density at radius 2 is 2.36 bits per heavy atom. The number of anilines is 1. The molecule has 1 aliphatic heterocycles. The Balaban J connectivity index is 1.77. The second-order valence-corrected chi connectivity index (χ2v) is 5.69.